The van der Waals surface area contributed by atoms with E-state index in [1.807, 2.05) is 79.8 Å². The Kier molecular flexibility index (Phi) is 29.9. The van der Waals surface area contributed by atoms with Gasteiger partial charge in [-0.25, -0.2) is 14.4 Å². The lowest BCUT2D eigenvalue weighted by Crippen LogP contribution is -2.28. The van der Waals surface area contributed by atoms with Crippen LogP contribution in [0.2, 0.25) is 0 Å². The number of rotatable bonds is 21. The monoisotopic (exact) mass is 1680 g/mol. The number of carboxylic acid groups (broad SMARTS) is 3. The lowest BCUT2D eigenvalue weighted by molar-refractivity contribution is -0.439. The summed E-state index contributed by atoms with van der Waals surface area (Å²) in [6.07, 6.45) is 19.2. The van der Waals surface area contributed by atoms with Crippen molar-refractivity contribution >= 4 is 140 Å². The maximum atomic E-state index is 12.5. The van der Waals surface area contributed by atoms with Crippen molar-refractivity contribution < 1.29 is 89.3 Å². The van der Waals surface area contributed by atoms with Crippen molar-refractivity contribution in [2.45, 2.75) is 274 Å². The van der Waals surface area contributed by atoms with Gasteiger partial charge in [0.05, 0.1) is 91.6 Å². The maximum Gasteiger partial charge on any atom is 0.425 e. The average molecular weight is 1680 g/mol. The second-order valence-corrected chi connectivity index (χ2v) is 37.8. The summed E-state index contributed by atoms with van der Waals surface area (Å²) in [7, 11) is -1.24. The Balaban J connectivity index is 0.000000267. The largest absolute Gasteiger partial charge is 0.478 e. The summed E-state index contributed by atoms with van der Waals surface area (Å²) in [5.41, 5.74) is 21.1. The maximum absolute atomic E-state index is 12.5. The highest BCUT2D eigenvalue weighted by Gasteiger charge is 2.54. The van der Waals surface area contributed by atoms with Gasteiger partial charge in [0.25, 0.3) is 16.6 Å². The second kappa shape index (κ2) is 36.7. The van der Waals surface area contributed by atoms with Crippen LogP contribution in [0.3, 0.4) is 0 Å². The van der Waals surface area contributed by atoms with Crippen LogP contribution in [0.1, 0.15) is 295 Å². The molecule has 0 spiro atoms. The number of unbranched alkanes of at least 4 members (excludes halogenated alkanes) is 2. The van der Waals surface area contributed by atoms with E-state index in [0.717, 1.165) is 166 Å². The van der Waals surface area contributed by atoms with E-state index >= 15 is 0 Å². The quantitative estimate of drug-likeness (QED) is 0.0174. The van der Waals surface area contributed by atoms with Gasteiger partial charge in [-0.3, -0.25) is 33.9 Å². The molecule has 645 valence electrons. The van der Waals surface area contributed by atoms with Gasteiger partial charge in [-0.1, -0.05) is 135 Å². The Morgan fingerprint density at radius 2 is 1.05 bits per heavy atom. The Labute approximate surface area is 709 Å². The number of methoxy groups -OCH3 is 3. The van der Waals surface area contributed by atoms with E-state index in [0.29, 0.717) is 41.9 Å². The first-order valence-corrected chi connectivity index (χ1v) is 43.1. The summed E-state index contributed by atoms with van der Waals surface area (Å²) in [6.45, 7) is 56.3. The number of carbonyl (C=O) groups excluding carboxylic acids is 1. The third-order valence-electron chi connectivity index (χ3n) is 25.2. The summed E-state index contributed by atoms with van der Waals surface area (Å²) >= 11 is 0. The molecule has 0 bridgehead atoms. The van der Waals surface area contributed by atoms with Crippen LogP contribution >= 0.6 is 0 Å². The first-order chi connectivity index (χ1) is 54.8. The molecule has 28 heteroatoms. The summed E-state index contributed by atoms with van der Waals surface area (Å²) in [4.78, 5) is 74.3. The number of hydrogen-bond donors (Lipinski definition) is 3. The number of carboxylic acids is 3. The van der Waals surface area contributed by atoms with Crippen LogP contribution in [-0.2, 0) is 87.2 Å². The minimum absolute atomic E-state index is 0. The number of anilines is 1. The zero-order chi connectivity index (χ0) is 88.6. The normalized spacial score (nSPS) is 19.7. The van der Waals surface area contributed by atoms with Crippen LogP contribution in [0.15, 0.2) is 85.3 Å². The van der Waals surface area contributed by atoms with Crippen LogP contribution < -0.4 is 9.64 Å². The Bertz CT molecular complexity index is 5290. The minimum atomic E-state index is -3.11. The molecule has 1 atom stereocenters. The van der Waals surface area contributed by atoms with Crippen LogP contribution in [0.5, 0.6) is 5.75 Å². The topological polar surface area (TPSA) is 332 Å². The van der Waals surface area contributed by atoms with Gasteiger partial charge in [0.15, 0.2) is 17.7 Å². The molecular formula is C91H126BN8O17S2+2. The predicted molar refractivity (Wildman–Crippen MR) is 477 cm³/mol. The highest BCUT2D eigenvalue weighted by atomic mass is 32.2. The van der Waals surface area contributed by atoms with Gasteiger partial charge in [0, 0.05) is 182 Å². The third-order valence-corrected chi connectivity index (χ3v) is 26.5. The van der Waals surface area contributed by atoms with Crippen molar-refractivity contribution in [2.75, 3.05) is 58.2 Å². The fourth-order valence-electron chi connectivity index (χ4n) is 17.3. The van der Waals surface area contributed by atoms with Crippen LogP contribution in [0, 0.1) is 0 Å². The first-order valence-electron chi connectivity index (χ1n) is 40.6. The molecule has 25 nitrogen and oxygen atoms in total. The average Bonchev–Trinajstić information content (AvgIpc) is 1.45. The zero-order valence-corrected chi connectivity index (χ0v) is 76.7. The Hall–Kier alpha value is -9.06. The molecule has 0 aliphatic carbocycles. The number of carbonyl (C=O) groups is 4. The number of allylic oxidation sites excluding steroid dienone is 6. The van der Waals surface area contributed by atoms with Gasteiger partial charge >= 0.3 is 28.5 Å². The lowest BCUT2D eigenvalue weighted by Gasteiger charge is -2.26. The number of benzene rings is 4. The fourth-order valence-corrected chi connectivity index (χ4v) is 18.2. The molecule has 0 aromatic heterocycles. The molecule has 3 N–H and O–H groups in total. The molecule has 3 radical (unpaired) electrons. The van der Waals surface area contributed by atoms with Gasteiger partial charge in [-0.15, -0.1) is 12.6 Å². The van der Waals surface area contributed by atoms with E-state index in [9.17, 15) is 42.9 Å². The molecular weight excluding hydrogens is 1550 g/mol. The van der Waals surface area contributed by atoms with Gasteiger partial charge in [0.2, 0.25) is 11.4 Å². The first kappa shape index (κ1) is 97.1. The second-order valence-electron chi connectivity index (χ2n) is 35.6. The SMILES string of the molecule is CC1=Nc2cc(C(=O)O)c3c(c2C1(C)C)N=C(C)C3(C)C.CCCC[N+]1=C(/C=C/C=C/C=C2/N(CCC)c3cc(C(=O)O)c4c(c3C2(C)C)N=CC4(C)C)C(C)(C)c2c1cc(OC=O)c1c2N=C(C)C1(C)C.CCCC[N+]1=C(C)C(C)(C)c2c1cc(C(=O)O)c1c2N=C(C)C1(C)C.COC(C)CC(OC)OC.O=S(=O)=O.O=S1(=O)CCCO1.[2HH].[B]. The minimum Gasteiger partial charge on any atom is -0.478 e. The highest BCUT2D eigenvalue weighted by Crippen LogP contribution is 2.60. The van der Waals surface area contributed by atoms with Crippen molar-refractivity contribution in [3.05, 3.63) is 122 Å². The van der Waals surface area contributed by atoms with Crippen molar-refractivity contribution in [2.24, 2.45) is 25.0 Å². The number of aliphatic imine (C=N–C) groups is 5. The number of aromatic carboxylic acids is 3. The molecule has 1 fully saturated rings. The standard InChI is InChI=1S/C43H52N4O4.C21H28N2O2.C17H20N2O2.C7H16O3.C3H6O3S.B.O3S.H2/c1-12-14-21-47-29-23-30(51-25-48)36-38(45-26(3)41(36,6)7)35(29)43(10,11)32(47)19-17-15-16-18-31-42(8,9)34-28(46(31)20-13-2)22-27(39(49)50)33-37(34)44-24-40(33,4)5;1-8-9-10-23-13(3)21(6,7)17-15(23)11-14(19(24)25)16-18(17)22-12(2)20(16,4)5;1-8-17(5,6)13-11(18-8)7-10(15(20)21)12-14(13)19-9(2)16(12,3)4;1-6(8-2)5-7(9-3)10-4;4-7(5)3-1-2-6-7;;1-4(2)3;/h15-19,22-25H,12-14,20-21H2,1-11H3;11H,8-10H2,1-7H3;7H,1-6H3,(H,20,21);6-7H,5H2,1-4H3;1-3H2;;;1H/p+2/i;;;;;;;1+1. The molecule has 4 aromatic carbocycles. The number of hydrogen-bond acceptors (Lipinski definition) is 20. The number of nitrogens with zero attached hydrogens (tertiary/aromatic N) is 8. The predicted octanol–water partition coefficient (Wildman–Crippen LogP) is 18.4. The van der Waals surface area contributed by atoms with Crippen LogP contribution in [0.4, 0.5) is 45.5 Å². The Morgan fingerprint density at radius 3 is 1.52 bits per heavy atom. The van der Waals surface area contributed by atoms with Crippen molar-refractivity contribution in [1.29, 1.82) is 0 Å². The van der Waals surface area contributed by atoms with E-state index < -0.39 is 44.0 Å². The number of ether oxygens (including phenoxy) is 4. The molecule has 0 saturated carbocycles. The van der Waals surface area contributed by atoms with E-state index in [2.05, 4.69) is 171 Å². The van der Waals surface area contributed by atoms with E-state index in [1.165, 1.54) is 22.6 Å². The van der Waals surface area contributed by atoms with Crippen molar-refractivity contribution in [3.8, 4) is 5.75 Å². The molecule has 9 aliphatic rings. The molecule has 0 amide bonds. The van der Waals surface area contributed by atoms with Gasteiger partial charge < -0.3 is 39.2 Å². The highest BCUT2D eigenvalue weighted by molar-refractivity contribution is 7.86. The van der Waals surface area contributed by atoms with E-state index in [-0.39, 0.29) is 65.9 Å². The van der Waals surface area contributed by atoms with E-state index in [1.54, 1.807) is 27.4 Å². The molecule has 1 unspecified atom stereocenters. The molecule has 119 heavy (non-hydrogen) atoms. The fraction of sp³-hybridized carbons (Fsp3) is 0.549. The summed E-state index contributed by atoms with van der Waals surface area (Å²) in [5.74, 6) is -1.92. The van der Waals surface area contributed by atoms with Crippen LogP contribution in [-0.4, -0.2) is 185 Å². The third kappa shape index (κ3) is 18.4. The summed E-state index contributed by atoms with van der Waals surface area (Å²) in [6, 6.07) is 7.51. The Morgan fingerprint density at radius 1 is 0.580 bits per heavy atom. The number of fused-ring (bicyclic) bond motifs is 12. The van der Waals surface area contributed by atoms with Crippen molar-refractivity contribution in [3.63, 3.8) is 0 Å². The summed E-state index contributed by atoms with van der Waals surface area (Å²) < 4.78 is 75.3. The zero-order valence-electron chi connectivity index (χ0n) is 75.0. The molecule has 4 aromatic rings. The molecule has 9 aliphatic heterocycles. The molecule has 9 heterocycles. The molecule has 13 rings (SSSR count). The van der Waals surface area contributed by atoms with Gasteiger partial charge in [0.1, 0.15) is 18.8 Å². The van der Waals surface area contributed by atoms with Gasteiger partial charge in [-0.05, 0) is 93.4 Å². The van der Waals surface area contributed by atoms with Gasteiger partial charge in [-0.2, -0.15) is 17.6 Å². The molecule has 1 saturated heterocycles. The summed E-state index contributed by atoms with van der Waals surface area (Å²) in [5, 5.41) is 29.7. The van der Waals surface area contributed by atoms with Crippen LogP contribution in [0.25, 0.3) is 0 Å². The van der Waals surface area contributed by atoms with E-state index in [4.69, 9.17) is 51.5 Å². The smallest absolute Gasteiger partial charge is 0.425 e. The van der Waals surface area contributed by atoms with Crippen molar-refractivity contribution in [1.82, 2.24) is 0 Å². The lowest BCUT2D eigenvalue weighted by atomic mass is 9.74.